The highest BCUT2D eigenvalue weighted by Crippen LogP contribution is 2.55. The molecule has 1 saturated heterocycles. The van der Waals surface area contributed by atoms with Crippen LogP contribution in [0, 0.1) is 5.41 Å². The molecule has 0 bridgehead atoms. The van der Waals surface area contributed by atoms with Crippen molar-refractivity contribution in [3.63, 3.8) is 0 Å². The maximum absolute atomic E-state index is 11.4. The van der Waals surface area contributed by atoms with Crippen LogP contribution in [0.15, 0.2) is 0 Å². The lowest BCUT2D eigenvalue weighted by Crippen LogP contribution is -2.63. The van der Waals surface area contributed by atoms with Gasteiger partial charge in [-0.3, -0.25) is 4.79 Å². The smallest absolute Gasteiger partial charge is 0.309 e. The van der Waals surface area contributed by atoms with E-state index < -0.39 is 22.7 Å². The van der Waals surface area contributed by atoms with Gasteiger partial charge in [0.05, 0.1) is 12.5 Å². The summed E-state index contributed by atoms with van der Waals surface area (Å²) < 4.78 is 5.21. The minimum Gasteiger partial charge on any atom is -0.456 e. The molecule has 0 aromatic carbocycles. The van der Waals surface area contributed by atoms with Gasteiger partial charge >= 0.3 is 5.97 Å². The molecule has 1 heterocycles. The molecule has 1 saturated carbocycles. The molecule has 0 amide bonds. The van der Waals surface area contributed by atoms with Crippen molar-refractivity contribution in [1.82, 2.24) is 0 Å². The number of ether oxygens (including phenoxy) is 1. The van der Waals surface area contributed by atoms with Gasteiger partial charge in [0.15, 0.2) is 0 Å². The molecule has 86 valence electrons. The molecule has 1 aliphatic heterocycles. The Bertz CT molecular complexity index is 312. The molecular formula is C11H18O4. The number of carbonyl (C=O) groups excluding carboxylic acids is 1. The predicted molar refractivity (Wildman–Crippen MR) is 53.1 cm³/mol. The molecule has 2 aliphatic rings. The summed E-state index contributed by atoms with van der Waals surface area (Å²) in [5.74, 6) is -0.373. The first kappa shape index (κ1) is 10.9. The van der Waals surface area contributed by atoms with Gasteiger partial charge in [-0.25, -0.2) is 0 Å². The summed E-state index contributed by atoms with van der Waals surface area (Å²) in [5.41, 5.74) is -2.60. The van der Waals surface area contributed by atoms with Crippen LogP contribution >= 0.6 is 0 Å². The average molecular weight is 214 g/mol. The molecule has 4 nitrogen and oxygen atoms in total. The monoisotopic (exact) mass is 214 g/mol. The van der Waals surface area contributed by atoms with Crippen LogP contribution < -0.4 is 0 Å². The van der Waals surface area contributed by atoms with Crippen molar-refractivity contribution in [3.8, 4) is 0 Å². The number of aliphatic hydroxyl groups is 2. The Kier molecular flexibility index (Phi) is 1.99. The van der Waals surface area contributed by atoms with E-state index in [-0.39, 0.29) is 12.4 Å². The third-order valence-corrected chi connectivity index (χ3v) is 4.10. The molecule has 15 heavy (non-hydrogen) atoms. The maximum Gasteiger partial charge on any atom is 0.309 e. The average Bonchev–Trinajstić information content (AvgIpc) is 2.19. The van der Waals surface area contributed by atoms with Crippen molar-refractivity contribution < 1.29 is 19.7 Å². The van der Waals surface area contributed by atoms with E-state index in [4.69, 9.17) is 4.74 Å². The van der Waals surface area contributed by atoms with E-state index in [2.05, 4.69) is 0 Å². The van der Waals surface area contributed by atoms with E-state index >= 15 is 0 Å². The predicted octanol–water partition coefficient (Wildman–Crippen LogP) is 0.604. The highest BCUT2D eigenvalue weighted by atomic mass is 16.6. The van der Waals surface area contributed by atoms with Crippen LogP contribution in [-0.2, 0) is 9.53 Å². The molecule has 0 aromatic heterocycles. The summed E-state index contributed by atoms with van der Waals surface area (Å²) in [6.45, 7) is 5.45. The number of hydrogen-bond acceptors (Lipinski definition) is 4. The number of aliphatic hydroxyl groups excluding tert-OH is 1. The first-order valence-electron chi connectivity index (χ1n) is 5.32. The third kappa shape index (κ3) is 1.24. The van der Waals surface area contributed by atoms with E-state index in [1.165, 1.54) is 0 Å². The summed E-state index contributed by atoms with van der Waals surface area (Å²) in [6.07, 6.45) is 0.327. The highest BCUT2D eigenvalue weighted by molar-refractivity contribution is 5.75. The van der Waals surface area contributed by atoms with E-state index in [1.807, 2.05) is 13.8 Å². The fourth-order valence-electron chi connectivity index (χ4n) is 3.21. The van der Waals surface area contributed by atoms with Gasteiger partial charge in [0.1, 0.15) is 11.2 Å². The number of esters is 1. The number of hydrogen-bond donors (Lipinski definition) is 2. The third-order valence-electron chi connectivity index (χ3n) is 4.10. The fraction of sp³-hybridized carbons (Fsp3) is 0.909. The van der Waals surface area contributed by atoms with Crippen molar-refractivity contribution in [2.24, 2.45) is 5.41 Å². The van der Waals surface area contributed by atoms with E-state index in [1.54, 1.807) is 6.92 Å². The van der Waals surface area contributed by atoms with Gasteiger partial charge in [0.2, 0.25) is 0 Å². The Morgan fingerprint density at radius 2 is 1.93 bits per heavy atom. The Morgan fingerprint density at radius 3 is 2.53 bits per heavy atom. The Labute approximate surface area is 89.2 Å². The molecule has 3 atom stereocenters. The van der Waals surface area contributed by atoms with Crippen LogP contribution in [0.5, 0.6) is 0 Å². The normalized spacial score (nSPS) is 48.6. The van der Waals surface area contributed by atoms with Crippen molar-refractivity contribution >= 4 is 5.97 Å². The summed E-state index contributed by atoms with van der Waals surface area (Å²) in [5, 5.41) is 20.4. The molecule has 2 fully saturated rings. The lowest BCUT2D eigenvalue weighted by molar-refractivity contribution is -0.214. The molecule has 0 aromatic rings. The SMILES string of the molecule is CC1(C)C[C@H](O)C[C@@]2(C)OC(=O)C[C@]12O. The standard InChI is InChI=1S/C11H18O4/c1-9(2)4-7(12)5-10(3)11(9,14)6-8(13)15-10/h7,12,14H,4-6H2,1-3H3/t7-,10+,11-/m0/s1. The minimum absolute atomic E-state index is 0.0310. The number of carbonyl (C=O) groups is 1. The van der Waals surface area contributed by atoms with Crippen molar-refractivity contribution in [1.29, 1.82) is 0 Å². The molecule has 0 radical (unpaired) electrons. The Balaban J connectivity index is 2.46. The second-order valence-corrected chi connectivity index (χ2v) is 5.69. The van der Waals surface area contributed by atoms with Crippen LogP contribution in [0.1, 0.15) is 40.0 Å². The van der Waals surface area contributed by atoms with E-state index in [0.717, 1.165) is 0 Å². The van der Waals surface area contributed by atoms with Gasteiger partial charge in [0, 0.05) is 11.8 Å². The summed E-state index contributed by atoms with van der Waals surface area (Å²) in [6, 6.07) is 0. The number of rotatable bonds is 0. The van der Waals surface area contributed by atoms with Crippen molar-refractivity contribution in [3.05, 3.63) is 0 Å². The Hall–Kier alpha value is -0.610. The fourth-order valence-corrected chi connectivity index (χ4v) is 3.21. The van der Waals surface area contributed by atoms with Gasteiger partial charge in [-0.2, -0.15) is 0 Å². The molecule has 2 N–H and O–H groups in total. The van der Waals surface area contributed by atoms with E-state index in [0.29, 0.717) is 12.8 Å². The van der Waals surface area contributed by atoms with Crippen LogP contribution in [0.2, 0.25) is 0 Å². The second-order valence-electron chi connectivity index (χ2n) is 5.69. The molecule has 1 aliphatic carbocycles. The lowest BCUT2D eigenvalue weighted by atomic mass is 9.57. The van der Waals surface area contributed by atoms with Crippen molar-refractivity contribution in [2.75, 3.05) is 0 Å². The Morgan fingerprint density at radius 1 is 1.33 bits per heavy atom. The van der Waals surface area contributed by atoms with Gasteiger partial charge in [-0.1, -0.05) is 13.8 Å². The topological polar surface area (TPSA) is 66.8 Å². The van der Waals surface area contributed by atoms with Crippen LogP contribution in [0.4, 0.5) is 0 Å². The molecule has 2 rings (SSSR count). The van der Waals surface area contributed by atoms with Crippen LogP contribution in [-0.4, -0.2) is 33.5 Å². The zero-order valence-corrected chi connectivity index (χ0v) is 9.41. The van der Waals surface area contributed by atoms with E-state index in [9.17, 15) is 15.0 Å². The first-order chi connectivity index (χ1) is 6.70. The molecular weight excluding hydrogens is 196 g/mol. The van der Waals surface area contributed by atoms with Crippen LogP contribution in [0.25, 0.3) is 0 Å². The minimum atomic E-state index is -1.16. The largest absolute Gasteiger partial charge is 0.456 e. The highest BCUT2D eigenvalue weighted by Gasteiger charge is 2.67. The first-order valence-corrected chi connectivity index (χ1v) is 5.32. The summed E-state index contributed by atoms with van der Waals surface area (Å²) in [4.78, 5) is 11.4. The number of fused-ring (bicyclic) bond motifs is 1. The lowest BCUT2D eigenvalue weighted by Gasteiger charge is -2.52. The zero-order chi connectivity index (χ0) is 11.5. The summed E-state index contributed by atoms with van der Waals surface area (Å²) in [7, 11) is 0. The zero-order valence-electron chi connectivity index (χ0n) is 9.41. The van der Waals surface area contributed by atoms with Gasteiger partial charge < -0.3 is 14.9 Å². The summed E-state index contributed by atoms with van der Waals surface area (Å²) >= 11 is 0. The second kappa shape index (κ2) is 2.74. The van der Waals surface area contributed by atoms with Crippen LogP contribution in [0.3, 0.4) is 0 Å². The van der Waals surface area contributed by atoms with Gasteiger partial charge in [0.25, 0.3) is 0 Å². The molecule has 0 spiro atoms. The van der Waals surface area contributed by atoms with Gasteiger partial charge in [-0.05, 0) is 13.3 Å². The maximum atomic E-state index is 11.4. The van der Waals surface area contributed by atoms with Gasteiger partial charge in [-0.15, -0.1) is 0 Å². The molecule has 0 unspecified atom stereocenters. The van der Waals surface area contributed by atoms with Crippen molar-refractivity contribution in [2.45, 2.75) is 57.3 Å². The molecule has 4 heteroatoms. The quantitative estimate of drug-likeness (QED) is 0.580.